The van der Waals surface area contributed by atoms with Crippen LogP contribution in [0.4, 0.5) is 4.79 Å². The number of hydrogen-bond acceptors (Lipinski definition) is 3. The summed E-state index contributed by atoms with van der Waals surface area (Å²) < 4.78 is 0. The van der Waals surface area contributed by atoms with Crippen molar-refractivity contribution >= 4 is 12.0 Å². The minimum absolute atomic E-state index is 0.215. The maximum Gasteiger partial charge on any atom is 0.335 e. The Kier molecular flexibility index (Phi) is 6.52. The predicted molar refractivity (Wildman–Crippen MR) is 74.6 cm³/mol. The number of amides is 2. The molecule has 1 atom stereocenters. The van der Waals surface area contributed by atoms with Crippen LogP contribution < -0.4 is 10.6 Å². The molecule has 6 heteroatoms. The Balaban J connectivity index is 2.28. The minimum Gasteiger partial charge on any atom is -0.478 e. The Bertz CT molecular complexity index is 445. The van der Waals surface area contributed by atoms with Gasteiger partial charge in [0.25, 0.3) is 0 Å². The van der Waals surface area contributed by atoms with E-state index in [0.717, 1.165) is 5.56 Å². The molecule has 0 aliphatic rings. The van der Waals surface area contributed by atoms with E-state index < -0.39 is 5.97 Å². The van der Waals surface area contributed by atoms with Crippen LogP contribution in [0.1, 0.15) is 35.7 Å². The lowest BCUT2D eigenvalue weighted by molar-refractivity contribution is 0.0697. The molecule has 0 heterocycles. The van der Waals surface area contributed by atoms with E-state index in [1.165, 1.54) is 12.1 Å². The number of urea groups is 1. The molecule has 0 spiro atoms. The number of carboxylic acid groups (broad SMARTS) is 1. The van der Waals surface area contributed by atoms with Gasteiger partial charge in [-0.25, -0.2) is 9.59 Å². The summed E-state index contributed by atoms with van der Waals surface area (Å²) in [7, 11) is 0. The Hall–Kier alpha value is -2.08. The number of nitrogens with one attached hydrogen (secondary N) is 2. The van der Waals surface area contributed by atoms with Gasteiger partial charge in [0.2, 0.25) is 0 Å². The molecule has 6 nitrogen and oxygen atoms in total. The Labute approximate surface area is 117 Å². The van der Waals surface area contributed by atoms with E-state index in [2.05, 4.69) is 10.6 Å². The first-order valence-corrected chi connectivity index (χ1v) is 6.55. The Morgan fingerprint density at radius 3 is 2.40 bits per heavy atom. The topological polar surface area (TPSA) is 98.7 Å². The van der Waals surface area contributed by atoms with Gasteiger partial charge in [-0.3, -0.25) is 0 Å². The van der Waals surface area contributed by atoms with Gasteiger partial charge in [-0.05, 0) is 30.5 Å². The van der Waals surface area contributed by atoms with Crippen LogP contribution in [-0.2, 0) is 6.54 Å². The average Bonchev–Trinajstić information content (AvgIpc) is 2.45. The molecule has 1 aromatic rings. The fourth-order valence-electron chi connectivity index (χ4n) is 1.57. The molecule has 0 aliphatic heterocycles. The molecule has 4 N–H and O–H groups in total. The molecule has 1 aromatic carbocycles. The number of aliphatic hydroxyl groups is 1. The van der Waals surface area contributed by atoms with E-state index in [1.54, 1.807) is 12.1 Å². The highest BCUT2D eigenvalue weighted by Crippen LogP contribution is 2.04. The van der Waals surface area contributed by atoms with Crippen molar-refractivity contribution in [1.82, 2.24) is 10.6 Å². The van der Waals surface area contributed by atoms with Crippen LogP contribution in [0.5, 0.6) is 0 Å². The molecule has 1 unspecified atom stereocenters. The summed E-state index contributed by atoms with van der Waals surface area (Å²) in [6, 6.07) is 5.99. The zero-order valence-electron chi connectivity index (χ0n) is 11.4. The summed E-state index contributed by atoms with van der Waals surface area (Å²) in [5, 5.41) is 23.4. The third-order valence-electron chi connectivity index (χ3n) is 2.89. The van der Waals surface area contributed by atoms with Gasteiger partial charge >= 0.3 is 12.0 Å². The molecular formula is C14H20N2O4. The van der Waals surface area contributed by atoms with Crippen molar-refractivity contribution in [3.8, 4) is 0 Å². The highest BCUT2D eigenvalue weighted by molar-refractivity contribution is 5.87. The normalized spacial score (nSPS) is 11.7. The first-order valence-electron chi connectivity index (χ1n) is 6.55. The molecule has 0 saturated carbocycles. The lowest BCUT2D eigenvalue weighted by Gasteiger charge is -2.10. The van der Waals surface area contributed by atoms with Crippen LogP contribution in [0.2, 0.25) is 0 Å². The second kappa shape index (κ2) is 8.16. The van der Waals surface area contributed by atoms with Crippen molar-refractivity contribution in [1.29, 1.82) is 0 Å². The lowest BCUT2D eigenvalue weighted by atomic mass is 10.1. The van der Waals surface area contributed by atoms with Gasteiger partial charge in [-0.15, -0.1) is 0 Å². The van der Waals surface area contributed by atoms with Gasteiger partial charge < -0.3 is 20.8 Å². The number of aliphatic hydroxyl groups excluding tert-OH is 1. The van der Waals surface area contributed by atoms with Crippen molar-refractivity contribution in [2.75, 3.05) is 6.54 Å². The van der Waals surface area contributed by atoms with Gasteiger partial charge in [-0.1, -0.05) is 19.1 Å². The van der Waals surface area contributed by atoms with E-state index in [4.69, 9.17) is 5.11 Å². The number of benzene rings is 1. The molecule has 0 aliphatic carbocycles. The highest BCUT2D eigenvalue weighted by atomic mass is 16.4. The van der Waals surface area contributed by atoms with Crippen molar-refractivity contribution in [2.24, 2.45) is 0 Å². The van der Waals surface area contributed by atoms with Crippen LogP contribution >= 0.6 is 0 Å². The molecule has 0 radical (unpaired) electrons. The van der Waals surface area contributed by atoms with Gasteiger partial charge in [0.05, 0.1) is 11.7 Å². The van der Waals surface area contributed by atoms with Crippen LogP contribution in [0, 0.1) is 0 Å². The zero-order chi connectivity index (χ0) is 15.0. The Morgan fingerprint density at radius 1 is 1.20 bits per heavy atom. The molecule has 0 bridgehead atoms. The molecular weight excluding hydrogens is 260 g/mol. The maximum atomic E-state index is 11.5. The van der Waals surface area contributed by atoms with Crippen molar-refractivity contribution in [3.05, 3.63) is 35.4 Å². The van der Waals surface area contributed by atoms with Crippen LogP contribution in [-0.4, -0.2) is 34.9 Å². The van der Waals surface area contributed by atoms with E-state index in [1.807, 2.05) is 6.92 Å². The molecule has 2 amide bonds. The van der Waals surface area contributed by atoms with E-state index in [-0.39, 0.29) is 17.7 Å². The van der Waals surface area contributed by atoms with Gasteiger partial charge in [0.15, 0.2) is 0 Å². The minimum atomic E-state index is -0.975. The second-order valence-corrected chi connectivity index (χ2v) is 4.46. The quantitative estimate of drug-likeness (QED) is 0.606. The largest absolute Gasteiger partial charge is 0.478 e. The third kappa shape index (κ3) is 5.71. The summed E-state index contributed by atoms with van der Waals surface area (Å²) in [4.78, 5) is 22.1. The molecule has 1 rings (SSSR count). The number of hydrogen-bond donors (Lipinski definition) is 4. The summed E-state index contributed by atoms with van der Waals surface area (Å²) >= 11 is 0. The summed E-state index contributed by atoms with van der Waals surface area (Å²) in [6.07, 6.45) is 0.801. The number of carbonyl (C=O) groups is 2. The fourth-order valence-corrected chi connectivity index (χ4v) is 1.57. The fraction of sp³-hybridized carbons (Fsp3) is 0.429. The number of carbonyl (C=O) groups excluding carboxylic acids is 1. The van der Waals surface area contributed by atoms with Crippen molar-refractivity contribution in [2.45, 2.75) is 32.4 Å². The second-order valence-electron chi connectivity index (χ2n) is 4.46. The molecule has 20 heavy (non-hydrogen) atoms. The zero-order valence-corrected chi connectivity index (χ0v) is 11.4. The summed E-state index contributed by atoms with van der Waals surface area (Å²) in [5.41, 5.74) is 1.03. The molecule has 110 valence electrons. The Morgan fingerprint density at radius 2 is 1.85 bits per heavy atom. The number of rotatable bonds is 7. The first kappa shape index (κ1) is 16.0. The smallest absolute Gasteiger partial charge is 0.335 e. The maximum absolute atomic E-state index is 11.5. The van der Waals surface area contributed by atoms with Gasteiger partial charge in [-0.2, -0.15) is 0 Å². The van der Waals surface area contributed by atoms with E-state index >= 15 is 0 Å². The predicted octanol–water partition coefficient (Wildman–Crippen LogP) is 1.34. The molecule has 0 fully saturated rings. The van der Waals surface area contributed by atoms with E-state index in [0.29, 0.717) is 25.9 Å². The van der Waals surface area contributed by atoms with Gasteiger partial charge in [0, 0.05) is 13.1 Å². The van der Waals surface area contributed by atoms with Crippen molar-refractivity contribution in [3.63, 3.8) is 0 Å². The van der Waals surface area contributed by atoms with Crippen LogP contribution in [0.15, 0.2) is 24.3 Å². The van der Waals surface area contributed by atoms with E-state index in [9.17, 15) is 14.7 Å². The monoisotopic (exact) mass is 280 g/mol. The molecule has 0 aromatic heterocycles. The summed E-state index contributed by atoms with van der Waals surface area (Å²) in [5.74, 6) is -0.975. The SMILES string of the molecule is CCC(O)CCNC(=O)NCc1ccc(C(=O)O)cc1. The standard InChI is InChI=1S/C14H20N2O4/c1-2-12(17)7-8-15-14(20)16-9-10-3-5-11(6-4-10)13(18)19/h3-6,12,17H,2,7-9H2,1H3,(H,18,19)(H2,15,16,20). The number of carboxylic acids is 1. The van der Waals surface area contributed by atoms with Crippen LogP contribution in [0.3, 0.4) is 0 Å². The van der Waals surface area contributed by atoms with Crippen LogP contribution in [0.25, 0.3) is 0 Å². The first-order chi connectivity index (χ1) is 9.52. The third-order valence-corrected chi connectivity index (χ3v) is 2.89. The highest BCUT2D eigenvalue weighted by Gasteiger charge is 2.04. The average molecular weight is 280 g/mol. The number of aromatic carboxylic acids is 1. The summed E-state index contributed by atoms with van der Waals surface area (Å²) in [6.45, 7) is 2.62. The van der Waals surface area contributed by atoms with Crippen molar-refractivity contribution < 1.29 is 19.8 Å². The lowest BCUT2D eigenvalue weighted by Crippen LogP contribution is -2.36. The molecule has 0 saturated heterocycles. The van der Waals surface area contributed by atoms with Gasteiger partial charge in [0.1, 0.15) is 0 Å².